The van der Waals surface area contributed by atoms with Gasteiger partial charge in [0.1, 0.15) is 11.4 Å². The van der Waals surface area contributed by atoms with Crippen molar-refractivity contribution in [2.45, 2.75) is 6.54 Å². The zero-order valence-electron chi connectivity index (χ0n) is 10.5. The van der Waals surface area contributed by atoms with E-state index in [-0.39, 0.29) is 18.8 Å². The lowest BCUT2D eigenvalue weighted by atomic mass is 10.1. The number of benzene rings is 1. The summed E-state index contributed by atoms with van der Waals surface area (Å²) in [5.41, 5.74) is 1.66. The minimum Gasteiger partial charge on any atom is -0.496 e. The third-order valence-corrected chi connectivity index (χ3v) is 2.91. The molecule has 2 N–H and O–H groups in total. The first-order chi connectivity index (χ1) is 9.19. The van der Waals surface area contributed by atoms with Gasteiger partial charge in [0.05, 0.1) is 19.4 Å². The zero-order chi connectivity index (χ0) is 13.8. The fourth-order valence-corrected chi connectivity index (χ4v) is 2.09. The average Bonchev–Trinajstić information content (AvgIpc) is 2.83. The van der Waals surface area contributed by atoms with Gasteiger partial charge >= 0.3 is 5.97 Å². The fourth-order valence-electron chi connectivity index (χ4n) is 2.09. The molecule has 0 unspecified atom stereocenters. The van der Waals surface area contributed by atoms with E-state index in [4.69, 9.17) is 14.9 Å². The molecule has 0 bridgehead atoms. The van der Waals surface area contributed by atoms with E-state index in [0.717, 1.165) is 5.56 Å². The number of para-hydroxylation sites is 1. The summed E-state index contributed by atoms with van der Waals surface area (Å²) in [5, 5.41) is 18.2. The summed E-state index contributed by atoms with van der Waals surface area (Å²) in [6.07, 6.45) is 0. The molecule has 0 atom stereocenters. The summed E-state index contributed by atoms with van der Waals surface area (Å²) in [5.74, 6) is -0.355. The molecule has 19 heavy (non-hydrogen) atoms. The molecule has 0 saturated heterocycles. The highest BCUT2D eigenvalue weighted by Gasteiger charge is 2.16. The van der Waals surface area contributed by atoms with E-state index in [1.165, 1.54) is 6.07 Å². The molecule has 1 aromatic heterocycles. The Morgan fingerprint density at radius 3 is 2.63 bits per heavy atom. The molecule has 0 amide bonds. The third kappa shape index (κ3) is 2.46. The lowest BCUT2D eigenvalue weighted by molar-refractivity contribution is 0.0684. The Kier molecular flexibility index (Phi) is 3.87. The van der Waals surface area contributed by atoms with Gasteiger partial charge in [-0.05, 0) is 24.3 Å². The van der Waals surface area contributed by atoms with Crippen LogP contribution in [0.25, 0.3) is 11.3 Å². The average molecular weight is 261 g/mol. The highest BCUT2D eigenvalue weighted by molar-refractivity contribution is 5.88. The van der Waals surface area contributed by atoms with Gasteiger partial charge in [0, 0.05) is 12.1 Å². The Morgan fingerprint density at radius 2 is 2.00 bits per heavy atom. The van der Waals surface area contributed by atoms with Gasteiger partial charge in [-0.3, -0.25) is 0 Å². The number of nitrogens with zero attached hydrogens (tertiary/aromatic N) is 1. The molecule has 0 saturated carbocycles. The van der Waals surface area contributed by atoms with E-state index in [1.54, 1.807) is 17.7 Å². The van der Waals surface area contributed by atoms with Crippen LogP contribution in [0.1, 0.15) is 10.5 Å². The number of ether oxygens (including phenoxy) is 1. The number of rotatable bonds is 5. The minimum atomic E-state index is -1.02. The second kappa shape index (κ2) is 5.58. The fraction of sp³-hybridized carbons (Fsp3) is 0.214. The van der Waals surface area contributed by atoms with Gasteiger partial charge in [0.2, 0.25) is 0 Å². The maximum absolute atomic E-state index is 11.2. The van der Waals surface area contributed by atoms with Crippen LogP contribution < -0.4 is 4.74 Å². The number of aromatic nitrogens is 1. The molecule has 0 fully saturated rings. The van der Waals surface area contributed by atoms with Gasteiger partial charge in [-0.2, -0.15) is 0 Å². The topological polar surface area (TPSA) is 71.7 Å². The van der Waals surface area contributed by atoms with Crippen molar-refractivity contribution in [3.05, 3.63) is 42.1 Å². The first-order valence-electron chi connectivity index (χ1n) is 5.86. The Labute approximate surface area is 110 Å². The SMILES string of the molecule is COc1ccccc1-c1ccc(C(=O)O)n1CCO. The van der Waals surface area contributed by atoms with E-state index < -0.39 is 5.97 Å². The largest absolute Gasteiger partial charge is 0.496 e. The second-order valence-electron chi connectivity index (χ2n) is 3.98. The third-order valence-electron chi connectivity index (χ3n) is 2.91. The first-order valence-corrected chi connectivity index (χ1v) is 5.86. The van der Waals surface area contributed by atoms with Crippen molar-refractivity contribution in [3.63, 3.8) is 0 Å². The number of carboxylic acid groups (broad SMARTS) is 1. The van der Waals surface area contributed by atoms with Crippen LogP contribution in [0.3, 0.4) is 0 Å². The maximum atomic E-state index is 11.2. The predicted octanol–water partition coefficient (Wildman–Crippen LogP) is 1.85. The van der Waals surface area contributed by atoms with Crippen LogP contribution >= 0.6 is 0 Å². The number of hydrogen-bond donors (Lipinski definition) is 2. The lowest BCUT2D eigenvalue weighted by Gasteiger charge is -2.13. The van der Waals surface area contributed by atoms with Gasteiger partial charge in [-0.15, -0.1) is 0 Å². The van der Waals surface area contributed by atoms with Crippen molar-refractivity contribution >= 4 is 5.97 Å². The highest BCUT2D eigenvalue weighted by Crippen LogP contribution is 2.31. The molecule has 0 aliphatic heterocycles. The summed E-state index contributed by atoms with van der Waals surface area (Å²) in [6, 6.07) is 10.6. The van der Waals surface area contributed by atoms with Crippen LogP contribution in [0.5, 0.6) is 5.75 Å². The van der Waals surface area contributed by atoms with Gasteiger partial charge in [0.15, 0.2) is 0 Å². The van der Waals surface area contributed by atoms with Crippen LogP contribution in [0, 0.1) is 0 Å². The predicted molar refractivity (Wildman–Crippen MR) is 70.5 cm³/mol. The zero-order valence-corrected chi connectivity index (χ0v) is 10.5. The molecule has 0 aliphatic rings. The van der Waals surface area contributed by atoms with Gasteiger partial charge < -0.3 is 19.5 Å². The molecule has 2 rings (SSSR count). The number of carbonyl (C=O) groups is 1. The number of aromatic carboxylic acids is 1. The summed E-state index contributed by atoms with van der Waals surface area (Å²) in [4.78, 5) is 11.2. The van der Waals surface area contributed by atoms with E-state index in [9.17, 15) is 4.79 Å². The molecule has 0 radical (unpaired) electrons. The van der Waals surface area contributed by atoms with Crippen LogP contribution in [0.4, 0.5) is 0 Å². The lowest BCUT2D eigenvalue weighted by Crippen LogP contribution is -2.12. The van der Waals surface area contributed by atoms with Crippen molar-refractivity contribution in [3.8, 4) is 17.0 Å². The smallest absolute Gasteiger partial charge is 0.352 e. The number of carboxylic acids is 1. The number of aliphatic hydroxyl groups is 1. The van der Waals surface area contributed by atoms with Crippen LogP contribution in [-0.2, 0) is 6.54 Å². The quantitative estimate of drug-likeness (QED) is 0.861. The van der Waals surface area contributed by atoms with Gasteiger partial charge in [-0.25, -0.2) is 4.79 Å². The number of aliphatic hydroxyl groups excluding tert-OH is 1. The Bertz CT molecular complexity index is 589. The summed E-state index contributed by atoms with van der Waals surface area (Å²) in [6.45, 7) is 0.0964. The van der Waals surface area contributed by atoms with Crippen molar-refractivity contribution in [1.82, 2.24) is 4.57 Å². The van der Waals surface area contributed by atoms with E-state index in [0.29, 0.717) is 11.4 Å². The Morgan fingerprint density at radius 1 is 1.26 bits per heavy atom. The first kappa shape index (κ1) is 13.2. The monoisotopic (exact) mass is 261 g/mol. The van der Waals surface area contributed by atoms with Crippen molar-refractivity contribution < 1.29 is 19.7 Å². The minimum absolute atomic E-state index is 0.128. The Hall–Kier alpha value is -2.27. The van der Waals surface area contributed by atoms with Crippen LogP contribution in [0.15, 0.2) is 36.4 Å². The molecular formula is C14H15NO4. The van der Waals surface area contributed by atoms with Crippen molar-refractivity contribution in [1.29, 1.82) is 0 Å². The van der Waals surface area contributed by atoms with Crippen molar-refractivity contribution in [2.24, 2.45) is 0 Å². The molecule has 100 valence electrons. The van der Waals surface area contributed by atoms with E-state index in [2.05, 4.69) is 0 Å². The van der Waals surface area contributed by atoms with Gasteiger partial charge in [0.25, 0.3) is 0 Å². The molecule has 0 aliphatic carbocycles. The molecule has 5 heteroatoms. The number of methoxy groups -OCH3 is 1. The molecule has 0 spiro atoms. The molecular weight excluding hydrogens is 246 g/mol. The van der Waals surface area contributed by atoms with Gasteiger partial charge in [-0.1, -0.05) is 12.1 Å². The number of hydrogen-bond acceptors (Lipinski definition) is 3. The van der Waals surface area contributed by atoms with E-state index >= 15 is 0 Å². The highest BCUT2D eigenvalue weighted by atomic mass is 16.5. The van der Waals surface area contributed by atoms with E-state index in [1.807, 2.05) is 24.3 Å². The van der Waals surface area contributed by atoms with Crippen LogP contribution in [-0.4, -0.2) is 34.5 Å². The molecule has 1 aromatic carbocycles. The van der Waals surface area contributed by atoms with Crippen LogP contribution in [0.2, 0.25) is 0 Å². The van der Waals surface area contributed by atoms with Crippen molar-refractivity contribution in [2.75, 3.05) is 13.7 Å². The maximum Gasteiger partial charge on any atom is 0.352 e. The summed E-state index contributed by atoms with van der Waals surface area (Å²) >= 11 is 0. The normalized spacial score (nSPS) is 10.4. The molecule has 1 heterocycles. The second-order valence-corrected chi connectivity index (χ2v) is 3.98. The summed E-state index contributed by atoms with van der Waals surface area (Å²) < 4.78 is 6.85. The molecule has 2 aromatic rings. The summed E-state index contributed by atoms with van der Waals surface area (Å²) in [7, 11) is 1.57. The standard InChI is InChI=1S/C14H15NO4/c1-19-13-5-3-2-4-10(13)11-6-7-12(14(17)18)15(11)8-9-16/h2-7,16H,8-9H2,1H3,(H,17,18). The Balaban J connectivity index is 2.58. The molecule has 5 nitrogen and oxygen atoms in total.